The predicted molar refractivity (Wildman–Crippen MR) is 43.5 cm³/mol. The van der Waals surface area contributed by atoms with E-state index in [0.717, 1.165) is 4.90 Å². The lowest BCUT2D eigenvalue weighted by molar-refractivity contribution is -0.135. The van der Waals surface area contributed by atoms with Gasteiger partial charge >= 0.3 is 6.03 Å². The summed E-state index contributed by atoms with van der Waals surface area (Å²) in [6.07, 6.45) is 0.716. The van der Waals surface area contributed by atoms with Crippen LogP contribution in [0.2, 0.25) is 0 Å². The van der Waals surface area contributed by atoms with E-state index in [0.29, 0.717) is 6.29 Å². The Bertz CT molecular complexity index is 253. The van der Waals surface area contributed by atoms with Crippen LogP contribution in [0.4, 0.5) is 4.79 Å². The number of hydrogen-bond donors (Lipinski definition) is 1. The second-order valence-electron chi connectivity index (χ2n) is 2.82. The summed E-state index contributed by atoms with van der Waals surface area (Å²) in [5.74, 6) is -0.379. The van der Waals surface area contributed by atoms with E-state index in [1.807, 2.05) is 0 Å². The highest BCUT2D eigenvalue weighted by Crippen LogP contribution is 2.05. The zero-order chi connectivity index (χ0) is 10.0. The van der Waals surface area contributed by atoms with Crippen molar-refractivity contribution in [1.29, 1.82) is 0 Å². The van der Waals surface area contributed by atoms with Gasteiger partial charge in [0.2, 0.25) is 5.91 Å². The van der Waals surface area contributed by atoms with Crippen LogP contribution < -0.4 is 5.43 Å². The lowest BCUT2D eigenvalue weighted by Crippen LogP contribution is -2.63. The molecule has 1 fully saturated rings. The van der Waals surface area contributed by atoms with E-state index in [9.17, 15) is 14.4 Å². The molecule has 0 aromatic heterocycles. The quantitative estimate of drug-likeness (QED) is 0.558. The highest BCUT2D eigenvalue weighted by atomic mass is 16.2. The van der Waals surface area contributed by atoms with Gasteiger partial charge in [0.15, 0.2) is 0 Å². The molecule has 0 radical (unpaired) electrons. The second-order valence-corrected chi connectivity index (χ2v) is 2.82. The summed E-state index contributed by atoms with van der Waals surface area (Å²) in [4.78, 5) is 33.7. The van der Waals surface area contributed by atoms with Crippen LogP contribution in [0.3, 0.4) is 0 Å². The van der Waals surface area contributed by atoms with Gasteiger partial charge in [0.05, 0.1) is 0 Å². The number of aldehydes is 1. The lowest BCUT2D eigenvalue weighted by Gasteiger charge is -2.34. The molecule has 1 saturated heterocycles. The summed E-state index contributed by atoms with van der Waals surface area (Å²) < 4.78 is 0. The van der Waals surface area contributed by atoms with Crippen molar-refractivity contribution in [3.8, 4) is 0 Å². The Morgan fingerprint density at radius 1 is 1.46 bits per heavy atom. The molecule has 0 aromatic rings. The van der Waals surface area contributed by atoms with Crippen LogP contribution in [0.1, 0.15) is 6.42 Å². The van der Waals surface area contributed by atoms with Crippen molar-refractivity contribution in [1.82, 2.24) is 15.3 Å². The molecule has 0 bridgehead atoms. The minimum absolute atomic E-state index is 0.0702. The molecule has 3 amide bonds. The van der Waals surface area contributed by atoms with Crippen LogP contribution in [0.15, 0.2) is 0 Å². The smallest absolute Gasteiger partial charge is 0.303 e. The van der Waals surface area contributed by atoms with Crippen molar-refractivity contribution in [2.24, 2.45) is 0 Å². The molecule has 1 rings (SSSR count). The summed E-state index contributed by atoms with van der Waals surface area (Å²) in [5, 5.41) is 1.19. The third-order valence-corrected chi connectivity index (χ3v) is 1.88. The van der Waals surface area contributed by atoms with Crippen molar-refractivity contribution in [2.45, 2.75) is 12.5 Å². The van der Waals surface area contributed by atoms with Gasteiger partial charge in [0, 0.05) is 20.5 Å². The molecule has 1 heterocycles. The van der Waals surface area contributed by atoms with Gasteiger partial charge in [-0.25, -0.2) is 10.2 Å². The van der Waals surface area contributed by atoms with Crippen LogP contribution in [0.5, 0.6) is 0 Å². The number of carbonyl (C=O) groups is 3. The van der Waals surface area contributed by atoms with E-state index >= 15 is 0 Å². The fourth-order valence-corrected chi connectivity index (χ4v) is 1.15. The van der Waals surface area contributed by atoms with Gasteiger partial charge < -0.3 is 4.79 Å². The summed E-state index contributed by atoms with van der Waals surface area (Å²) in [6, 6.07) is -1.04. The first-order valence-corrected chi connectivity index (χ1v) is 3.83. The fraction of sp³-hybridized carbons (Fsp3) is 0.571. The van der Waals surface area contributed by atoms with Gasteiger partial charge in [0.1, 0.15) is 12.3 Å². The van der Waals surface area contributed by atoms with Crippen LogP contribution in [-0.4, -0.2) is 48.3 Å². The number of carbonyl (C=O) groups excluding carboxylic acids is 3. The molecule has 6 nitrogen and oxygen atoms in total. The van der Waals surface area contributed by atoms with Crippen molar-refractivity contribution in [3.63, 3.8) is 0 Å². The van der Waals surface area contributed by atoms with E-state index in [-0.39, 0.29) is 12.3 Å². The van der Waals surface area contributed by atoms with Crippen LogP contribution in [0.25, 0.3) is 0 Å². The monoisotopic (exact) mass is 185 g/mol. The largest absolute Gasteiger partial charge is 0.340 e. The molecule has 0 saturated carbocycles. The minimum Gasteiger partial charge on any atom is -0.303 e. The van der Waals surface area contributed by atoms with Crippen molar-refractivity contribution in [3.05, 3.63) is 0 Å². The Morgan fingerprint density at radius 3 is 2.62 bits per heavy atom. The van der Waals surface area contributed by atoms with Gasteiger partial charge in [-0.3, -0.25) is 14.7 Å². The van der Waals surface area contributed by atoms with Gasteiger partial charge in [0.25, 0.3) is 0 Å². The van der Waals surface area contributed by atoms with Gasteiger partial charge in [-0.2, -0.15) is 0 Å². The molecule has 1 aliphatic heterocycles. The molecule has 1 unspecified atom stereocenters. The van der Waals surface area contributed by atoms with Gasteiger partial charge in [-0.05, 0) is 0 Å². The Hall–Kier alpha value is -1.43. The molecule has 72 valence electrons. The number of hydrogen-bond acceptors (Lipinski definition) is 4. The average Bonchev–Trinajstić information content (AvgIpc) is 2.11. The molecule has 1 N–H and O–H groups in total. The highest BCUT2D eigenvalue weighted by Gasteiger charge is 2.34. The summed E-state index contributed by atoms with van der Waals surface area (Å²) in [6.45, 7) is 0. The first kappa shape index (κ1) is 9.66. The molecule has 0 aliphatic carbocycles. The standard InChI is InChI=1S/C7H11N3O3/c1-9-6(12)5(3-4-11)8-10(2)7(9)13/h4-5,8H,3H2,1-2H3. The lowest BCUT2D eigenvalue weighted by atomic mass is 10.2. The molecule has 6 heteroatoms. The number of nitrogens with zero attached hydrogens (tertiary/aromatic N) is 2. The summed E-state index contributed by atoms with van der Waals surface area (Å²) in [7, 11) is 2.89. The number of amides is 3. The Kier molecular flexibility index (Phi) is 2.62. The minimum atomic E-state index is -0.620. The van der Waals surface area contributed by atoms with E-state index in [2.05, 4.69) is 5.43 Å². The number of imide groups is 1. The summed E-state index contributed by atoms with van der Waals surface area (Å²) >= 11 is 0. The number of likely N-dealkylation sites (N-methyl/N-ethyl adjacent to an activating group) is 1. The average molecular weight is 185 g/mol. The number of urea groups is 1. The van der Waals surface area contributed by atoms with Gasteiger partial charge in [-0.1, -0.05) is 0 Å². The molecule has 1 aliphatic rings. The summed E-state index contributed by atoms with van der Waals surface area (Å²) in [5.41, 5.74) is 2.61. The van der Waals surface area contributed by atoms with Crippen LogP contribution >= 0.6 is 0 Å². The van der Waals surface area contributed by atoms with Crippen LogP contribution in [0, 0.1) is 0 Å². The van der Waals surface area contributed by atoms with E-state index < -0.39 is 12.1 Å². The predicted octanol–water partition coefficient (Wildman–Crippen LogP) is -1.03. The third-order valence-electron chi connectivity index (χ3n) is 1.88. The number of hydrazine groups is 1. The topological polar surface area (TPSA) is 69.7 Å². The Morgan fingerprint density at radius 2 is 2.08 bits per heavy atom. The van der Waals surface area contributed by atoms with Crippen molar-refractivity contribution < 1.29 is 14.4 Å². The maximum atomic E-state index is 11.3. The Labute approximate surface area is 75.4 Å². The van der Waals surface area contributed by atoms with Crippen molar-refractivity contribution >= 4 is 18.2 Å². The maximum absolute atomic E-state index is 11.3. The fourth-order valence-electron chi connectivity index (χ4n) is 1.15. The second kappa shape index (κ2) is 3.53. The maximum Gasteiger partial charge on any atom is 0.340 e. The molecular weight excluding hydrogens is 174 g/mol. The Balaban J connectivity index is 2.75. The molecular formula is C7H11N3O3. The molecule has 13 heavy (non-hydrogen) atoms. The zero-order valence-electron chi connectivity index (χ0n) is 7.48. The zero-order valence-corrected chi connectivity index (χ0v) is 7.48. The number of rotatable bonds is 2. The molecule has 0 spiro atoms. The van der Waals surface area contributed by atoms with E-state index in [1.54, 1.807) is 0 Å². The first-order chi connectivity index (χ1) is 6.07. The first-order valence-electron chi connectivity index (χ1n) is 3.83. The normalized spacial score (nSPS) is 23.7. The van der Waals surface area contributed by atoms with E-state index in [1.165, 1.54) is 19.1 Å². The van der Waals surface area contributed by atoms with Crippen LogP contribution in [-0.2, 0) is 9.59 Å². The third kappa shape index (κ3) is 1.67. The molecule has 0 aromatic carbocycles. The van der Waals surface area contributed by atoms with E-state index in [4.69, 9.17) is 0 Å². The molecule has 1 atom stereocenters. The van der Waals surface area contributed by atoms with Gasteiger partial charge in [-0.15, -0.1) is 0 Å². The SMILES string of the molecule is CN1NC(CC=O)C(=O)N(C)C1=O. The highest BCUT2D eigenvalue weighted by molar-refractivity contribution is 5.99. The number of nitrogens with one attached hydrogen (secondary N) is 1. The van der Waals surface area contributed by atoms with Crippen molar-refractivity contribution in [2.75, 3.05) is 14.1 Å².